The molecule has 3 nitrogen and oxygen atoms in total. The van der Waals surface area contributed by atoms with Crippen molar-refractivity contribution in [3.8, 4) is 5.75 Å². The molecule has 4 fully saturated rings. The summed E-state index contributed by atoms with van der Waals surface area (Å²) in [6.07, 6.45) is 10.7. The van der Waals surface area contributed by atoms with Gasteiger partial charge in [-0.3, -0.25) is 0 Å². The largest absolute Gasteiger partial charge is 0.557 e. The minimum Gasteiger partial charge on any atom is -0.557 e. The molecule has 0 aromatic carbocycles. The summed E-state index contributed by atoms with van der Waals surface area (Å²) in [4.78, 5) is 7.75. The third kappa shape index (κ3) is 1.82. The van der Waals surface area contributed by atoms with E-state index in [1.807, 2.05) is 19.9 Å². The van der Waals surface area contributed by atoms with Crippen molar-refractivity contribution in [3.05, 3.63) is 30.0 Å². The summed E-state index contributed by atoms with van der Waals surface area (Å²) >= 11 is 4.11. The zero-order valence-electron chi connectivity index (χ0n) is 13.5. The second kappa shape index (κ2) is 4.69. The third-order valence-corrected chi connectivity index (χ3v) is 7.81. The van der Waals surface area contributed by atoms with Crippen molar-refractivity contribution < 1.29 is 4.65 Å². The molecule has 2 aromatic heterocycles. The van der Waals surface area contributed by atoms with Crippen LogP contribution in [0, 0.1) is 23.7 Å². The number of allylic oxidation sites excluding steroid dienone is 1. The van der Waals surface area contributed by atoms with Crippen LogP contribution in [0.2, 0.25) is 0 Å². The first-order valence-corrected chi connectivity index (χ1v) is 9.85. The van der Waals surface area contributed by atoms with Crippen molar-refractivity contribution in [2.75, 3.05) is 0 Å². The molecule has 1 aliphatic heterocycles. The first-order valence-electron chi connectivity index (χ1n) is 9.06. The Morgan fingerprint density at radius 2 is 2.08 bits per heavy atom. The number of halogens is 1. The van der Waals surface area contributed by atoms with E-state index in [2.05, 4.69) is 37.9 Å². The minimum absolute atomic E-state index is 0.430. The summed E-state index contributed by atoms with van der Waals surface area (Å²) in [5.41, 5.74) is 3.74. The molecule has 0 spiro atoms. The first kappa shape index (κ1) is 14.0. The van der Waals surface area contributed by atoms with E-state index in [4.69, 9.17) is 4.65 Å². The molecule has 2 unspecified atom stereocenters. The Labute approximate surface area is 150 Å². The fourth-order valence-electron chi connectivity index (χ4n) is 6.35. The Bertz CT molecular complexity index is 859. The van der Waals surface area contributed by atoms with E-state index in [1.54, 1.807) is 0 Å². The van der Waals surface area contributed by atoms with Gasteiger partial charge in [0.1, 0.15) is 11.4 Å². The van der Waals surface area contributed by atoms with Gasteiger partial charge in [-0.15, -0.1) is 0 Å². The lowest BCUT2D eigenvalue weighted by Crippen LogP contribution is -2.52. The van der Waals surface area contributed by atoms with Crippen LogP contribution in [0.25, 0.3) is 16.6 Å². The summed E-state index contributed by atoms with van der Waals surface area (Å²) in [5.74, 6) is 6.38. The van der Waals surface area contributed by atoms with Crippen molar-refractivity contribution in [1.29, 1.82) is 0 Å². The van der Waals surface area contributed by atoms with Crippen LogP contribution >= 0.6 is 15.9 Å². The number of rotatable bonds is 1. The van der Waals surface area contributed by atoms with Gasteiger partial charge in [0.2, 0.25) is 0 Å². The smallest absolute Gasteiger partial charge is 0.401 e. The molecule has 5 heteroatoms. The maximum Gasteiger partial charge on any atom is 0.401 e. The monoisotopic (exact) mass is 381 g/mol. The van der Waals surface area contributed by atoms with E-state index in [0.29, 0.717) is 10.2 Å². The Balaban J connectivity index is 1.50. The quantitative estimate of drug-likeness (QED) is 0.583. The second-order valence-electron chi connectivity index (χ2n) is 8.26. The average Bonchev–Trinajstić information content (AvgIpc) is 3.01. The number of H-pyrrole nitrogens is 1. The van der Waals surface area contributed by atoms with E-state index in [1.165, 1.54) is 48.6 Å². The molecule has 1 N–H and O–H groups in total. The molecular weight excluding hydrogens is 363 g/mol. The highest BCUT2D eigenvalue weighted by Gasteiger charge is 2.55. The second-order valence-corrected chi connectivity index (χ2v) is 9.94. The molecule has 4 bridgehead atoms. The number of fused-ring (bicyclic) bond motifs is 3. The van der Waals surface area contributed by atoms with Gasteiger partial charge in [0, 0.05) is 21.5 Å². The lowest BCUT2D eigenvalue weighted by atomic mass is 9.49. The van der Waals surface area contributed by atoms with Crippen molar-refractivity contribution in [2.24, 2.45) is 23.7 Å². The Kier molecular flexibility index (Phi) is 2.73. The van der Waals surface area contributed by atoms with Crippen molar-refractivity contribution in [3.63, 3.8) is 0 Å². The van der Waals surface area contributed by atoms with E-state index in [-0.39, 0.29) is 0 Å². The topological polar surface area (TPSA) is 37.9 Å². The average molecular weight is 382 g/mol. The Morgan fingerprint density at radius 1 is 1.25 bits per heavy atom. The van der Waals surface area contributed by atoms with Crippen LogP contribution < -0.4 is 4.65 Å². The van der Waals surface area contributed by atoms with Gasteiger partial charge in [-0.1, -0.05) is 21.9 Å². The minimum atomic E-state index is 0.430. The molecule has 3 heterocycles. The van der Waals surface area contributed by atoms with Gasteiger partial charge in [-0.05, 0) is 67.4 Å². The van der Waals surface area contributed by atoms with Crippen LogP contribution in [0.5, 0.6) is 5.75 Å². The summed E-state index contributed by atoms with van der Waals surface area (Å²) in [5, 5.41) is 1.20. The lowest BCUT2D eigenvalue weighted by molar-refractivity contribution is 0.00747. The number of hydrogen-bond acceptors (Lipinski definition) is 2. The Morgan fingerprint density at radius 3 is 2.88 bits per heavy atom. The van der Waals surface area contributed by atoms with Gasteiger partial charge >= 0.3 is 7.48 Å². The maximum atomic E-state index is 5.81. The van der Waals surface area contributed by atoms with E-state index in [9.17, 15) is 0 Å². The molecule has 5 aliphatic rings. The number of aromatic amines is 1. The van der Waals surface area contributed by atoms with E-state index < -0.39 is 0 Å². The number of pyridine rings is 1. The van der Waals surface area contributed by atoms with Crippen LogP contribution in [0.1, 0.15) is 37.7 Å². The molecule has 121 valence electrons. The highest BCUT2D eigenvalue weighted by molar-refractivity contribution is 9.10. The fourth-order valence-corrected chi connectivity index (χ4v) is 7.64. The molecular formula is C19H19BBrN2O. The van der Waals surface area contributed by atoms with Gasteiger partial charge in [-0.25, -0.2) is 4.98 Å². The van der Waals surface area contributed by atoms with Crippen molar-refractivity contribution in [2.45, 2.75) is 36.4 Å². The zero-order valence-corrected chi connectivity index (χ0v) is 15.1. The molecule has 2 atom stereocenters. The normalized spacial score (nSPS) is 39.3. The maximum absolute atomic E-state index is 5.81. The van der Waals surface area contributed by atoms with Crippen LogP contribution in [-0.4, -0.2) is 21.8 Å². The lowest BCUT2D eigenvalue weighted by Gasteiger charge is -2.59. The fraction of sp³-hybridized carbons (Fsp3) is 0.526. The number of hydrogen-bond donors (Lipinski definition) is 1. The van der Waals surface area contributed by atoms with Crippen molar-refractivity contribution >= 4 is 40.0 Å². The number of aromatic nitrogens is 2. The number of nitrogens with zero attached hydrogens (tertiary/aromatic N) is 1. The van der Waals surface area contributed by atoms with Gasteiger partial charge in [0.25, 0.3) is 0 Å². The molecule has 1 radical (unpaired) electrons. The summed E-state index contributed by atoms with van der Waals surface area (Å²) in [7, 11) is 1.87. The van der Waals surface area contributed by atoms with Crippen LogP contribution in [0.4, 0.5) is 0 Å². The van der Waals surface area contributed by atoms with Crippen LogP contribution in [0.15, 0.2) is 24.4 Å². The number of alkyl halides is 1. The SMILES string of the molecule is BrC12CC3CC(C1)C(C1=C[B]Oc4cnc5[nH]ccc5c41)C(C3)C2. The summed E-state index contributed by atoms with van der Waals surface area (Å²) in [6, 6.07) is 2.14. The predicted octanol–water partition coefficient (Wildman–Crippen LogP) is 4.51. The molecule has 7 rings (SSSR count). The Hall–Kier alpha value is -1.23. The molecule has 2 aromatic rings. The summed E-state index contributed by atoms with van der Waals surface area (Å²) < 4.78 is 6.24. The predicted molar refractivity (Wildman–Crippen MR) is 99.2 cm³/mol. The van der Waals surface area contributed by atoms with Gasteiger partial charge < -0.3 is 9.64 Å². The van der Waals surface area contributed by atoms with Crippen LogP contribution in [-0.2, 0) is 0 Å². The number of nitrogens with one attached hydrogen (secondary N) is 1. The zero-order chi connectivity index (χ0) is 15.9. The standard InChI is InChI=1S/C19H19BBrN2O/c21-19-5-10-3-11(6-19)16(12(4-10)7-19)14-8-20-24-15-9-23-18-13(17(14)15)1-2-22-18/h1-2,8-12,16H,3-7H2,(H,22,23). The first-order chi connectivity index (χ1) is 11.7. The van der Waals surface area contributed by atoms with Gasteiger partial charge in [0.15, 0.2) is 0 Å². The van der Waals surface area contributed by atoms with E-state index in [0.717, 1.165) is 29.2 Å². The molecule has 4 saturated carbocycles. The molecule has 0 amide bonds. The van der Waals surface area contributed by atoms with Crippen molar-refractivity contribution in [1.82, 2.24) is 9.97 Å². The van der Waals surface area contributed by atoms with E-state index >= 15 is 0 Å². The van der Waals surface area contributed by atoms with Crippen LogP contribution in [0.3, 0.4) is 0 Å². The highest BCUT2D eigenvalue weighted by Crippen LogP contribution is 2.64. The van der Waals surface area contributed by atoms with Gasteiger partial charge in [0.05, 0.1) is 6.20 Å². The highest BCUT2D eigenvalue weighted by atomic mass is 79.9. The molecule has 4 aliphatic carbocycles. The molecule has 24 heavy (non-hydrogen) atoms. The third-order valence-electron chi connectivity index (χ3n) is 6.84. The molecule has 0 saturated heterocycles. The summed E-state index contributed by atoms with van der Waals surface area (Å²) in [6.45, 7) is 0. The van der Waals surface area contributed by atoms with Gasteiger partial charge in [-0.2, -0.15) is 0 Å².